The van der Waals surface area contributed by atoms with E-state index in [0.717, 1.165) is 33.0 Å². The van der Waals surface area contributed by atoms with E-state index < -0.39 is 0 Å². The van der Waals surface area contributed by atoms with E-state index in [1.54, 1.807) is 7.11 Å². The smallest absolute Gasteiger partial charge is 0.270 e. The molecule has 0 aliphatic carbocycles. The van der Waals surface area contributed by atoms with Crippen molar-refractivity contribution in [3.05, 3.63) is 70.7 Å². The number of carbonyl (C=O) groups is 1. The second kappa shape index (κ2) is 10.8. The fourth-order valence-electron chi connectivity index (χ4n) is 3.18. The zero-order valence-corrected chi connectivity index (χ0v) is 21.2. The number of methoxy groups -OCH3 is 1. The van der Waals surface area contributed by atoms with Crippen molar-refractivity contribution >= 4 is 29.0 Å². The Morgan fingerprint density at radius 3 is 2.65 bits per heavy atom. The van der Waals surface area contributed by atoms with Crippen molar-refractivity contribution in [1.29, 1.82) is 0 Å². The first-order valence-corrected chi connectivity index (χ1v) is 12.9. The summed E-state index contributed by atoms with van der Waals surface area (Å²) in [6.07, 6.45) is 0. The molecule has 0 saturated carbocycles. The van der Waals surface area contributed by atoms with Crippen LogP contribution < -0.4 is 10.1 Å². The molecule has 0 radical (unpaired) electrons. The zero-order valence-electron chi connectivity index (χ0n) is 19.6. The first-order valence-electron chi connectivity index (χ1n) is 11.0. The number of carbonyl (C=O) groups excluding carboxylic acids is 1. The molecule has 4 rings (SSSR count). The molecule has 0 fully saturated rings. The minimum absolute atomic E-state index is 0.0893. The third-order valence-electron chi connectivity index (χ3n) is 5.44. The van der Waals surface area contributed by atoms with Gasteiger partial charge in [-0.25, -0.2) is 4.98 Å². The molecule has 176 valence electrons. The van der Waals surface area contributed by atoms with Crippen LogP contribution in [0.25, 0.3) is 17.1 Å². The standard InChI is InChI=1S/C25H27N5O2S2/c1-16(2)17(3)26-24(31)21-14-33-22(27-21)15-34-25-29-28-23(18-9-8-12-20(13-18)32-4)30(25)19-10-6-5-7-11-19/h5-14,16-17H,15H2,1-4H3,(H,26,31). The monoisotopic (exact) mass is 493 g/mol. The molecule has 1 unspecified atom stereocenters. The quantitative estimate of drug-likeness (QED) is 0.312. The largest absolute Gasteiger partial charge is 0.497 e. The predicted octanol–water partition coefficient (Wildman–Crippen LogP) is 5.47. The van der Waals surface area contributed by atoms with E-state index in [2.05, 4.69) is 34.3 Å². The Hall–Kier alpha value is -3.17. The van der Waals surface area contributed by atoms with Crippen LogP contribution in [0.3, 0.4) is 0 Å². The molecule has 34 heavy (non-hydrogen) atoms. The maximum atomic E-state index is 12.5. The van der Waals surface area contributed by atoms with Crippen LogP contribution in [-0.2, 0) is 5.75 Å². The lowest BCUT2D eigenvalue weighted by Gasteiger charge is -2.16. The molecule has 0 saturated heterocycles. The summed E-state index contributed by atoms with van der Waals surface area (Å²) >= 11 is 3.01. The molecule has 7 nitrogen and oxygen atoms in total. The zero-order chi connectivity index (χ0) is 24.1. The summed E-state index contributed by atoms with van der Waals surface area (Å²) in [6.45, 7) is 6.16. The van der Waals surface area contributed by atoms with Crippen molar-refractivity contribution in [3.8, 4) is 22.8 Å². The molecular weight excluding hydrogens is 466 g/mol. The summed E-state index contributed by atoms with van der Waals surface area (Å²) in [5, 5.41) is 15.4. The van der Waals surface area contributed by atoms with Crippen molar-refractivity contribution < 1.29 is 9.53 Å². The number of benzene rings is 2. The highest BCUT2D eigenvalue weighted by molar-refractivity contribution is 7.98. The second-order valence-electron chi connectivity index (χ2n) is 8.13. The summed E-state index contributed by atoms with van der Waals surface area (Å²) in [4.78, 5) is 17.0. The number of thioether (sulfide) groups is 1. The molecule has 0 bridgehead atoms. The van der Waals surface area contributed by atoms with Gasteiger partial charge in [0.2, 0.25) is 0 Å². The first-order chi connectivity index (χ1) is 16.5. The average Bonchev–Trinajstić information content (AvgIpc) is 3.50. The summed E-state index contributed by atoms with van der Waals surface area (Å²) in [5.74, 6) is 2.30. The number of hydrogen-bond donors (Lipinski definition) is 1. The molecule has 0 aliphatic heterocycles. The van der Waals surface area contributed by atoms with E-state index in [9.17, 15) is 4.79 Å². The van der Waals surface area contributed by atoms with Crippen molar-refractivity contribution in [2.24, 2.45) is 5.92 Å². The number of nitrogens with zero attached hydrogens (tertiary/aromatic N) is 4. The molecule has 1 N–H and O–H groups in total. The van der Waals surface area contributed by atoms with Crippen LogP contribution in [0, 0.1) is 5.92 Å². The molecule has 2 heterocycles. The van der Waals surface area contributed by atoms with Gasteiger partial charge >= 0.3 is 0 Å². The summed E-state index contributed by atoms with van der Waals surface area (Å²) in [5.41, 5.74) is 2.33. The average molecular weight is 494 g/mol. The molecule has 2 aromatic carbocycles. The number of hydrogen-bond acceptors (Lipinski definition) is 7. The second-order valence-corrected chi connectivity index (χ2v) is 10.0. The van der Waals surface area contributed by atoms with E-state index in [-0.39, 0.29) is 11.9 Å². The third kappa shape index (κ3) is 5.48. The van der Waals surface area contributed by atoms with Crippen molar-refractivity contribution in [2.45, 2.75) is 37.7 Å². The molecular formula is C25H27N5O2S2. The molecule has 1 amide bonds. The Balaban J connectivity index is 1.57. The van der Waals surface area contributed by atoms with Crippen LogP contribution in [0.2, 0.25) is 0 Å². The van der Waals surface area contributed by atoms with Crippen LogP contribution in [0.1, 0.15) is 36.3 Å². The van der Waals surface area contributed by atoms with E-state index in [4.69, 9.17) is 4.74 Å². The number of para-hydroxylation sites is 1. The third-order valence-corrected chi connectivity index (χ3v) is 7.42. The van der Waals surface area contributed by atoms with Crippen LogP contribution in [0.15, 0.2) is 65.1 Å². The van der Waals surface area contributed by atoms with Gasteiger partial charge in [0.15, 0.2) is 11.0 Å². The number of rotatable bonds is 9. The number of aromatic nitrogens is 4. The van der Waals surface area contributed by atoms with Gasteiger partial charge < -0.3 is 10.1 Å². The topological polar surface area (TPSA) is 81.9 Å². The van der Waals surface area contributed by atoms with Gasteiger partial charge in [-0.2, -0.15) is 0 Å². The Kier molecular flexibility index (Phi) is 7.64. The molecule has 4 aromatic rings. The van der Waals surface area contributed by atoms with Gasteiger partial charge in [-0.3, -0.25) is 9.36 Å². The number of ether oxygens (including phenoxy) is 1. The van der Waals surface area contributed by atoms with Crippen molar-refractivity contribution in [3.63, 3.8) is 0 Å². The van der Waals surface area contributed by atoms with Gasteiger partial charge in [0, 0.05) is 22.7 Å². The van der Waals surface area contributed by atoms with Gasteiger partial charge in [0.05, 0.1) is 12.9 Å². The Morgan fingerprint density at radius 1 is 1.12 bits per heavy atom. The minimum Gasteiger partial charge on any atom is -0.497 e. The normalized spacial score (nSPS) is 12.0. The summed E-state index contributed by atoms with van der Waals surface area (Å²) in [6, 6.07) is 17.9. The maximum Gasteiger partial charge on any atom is 0.270 e. The van der Waals surface area contributed by atoms with E-state index in [0.29, 0.717) is 17.4 Å². The van der Waals surface area contributed by atoms with Crippen LogP contribution >= 0.6 is 23.1 Å². The highest BCUT2D eigenvalue weighted by Crippen LogP contribution is 2.31. The fraction of sp³-hybridized carbons (Fsp3) is 0.280. The molecule has 9 heteroatoms. The Labute approximate surface area is 207 Å². The Bertz CT molecular complexity index is 1250. The summed E-state index contributed by atoms with van der Waals surface area (Å²) in [7, 11) is 1.65. The lowest BCUT2D eigenvalue weighted by atomic mass is 10.1. The van der Waals surface area contributed by atoms with Crippen LogP contribution in [0.5, 0.6) is 5.75 Å². The van der Waals surface area contributed by atoms with Crippen molar-refractivity contribution in [2.75, 3.05) is 7.11 Å². The van der Waals surface area contributed by atoms with E-state index in [1.807, 2.05) is 71.5 Å². The van der Waals surface area contributed by atoms with Crippen molar-refractivity contribution in [1.82, 2.24) is 25.1 Å². The lowest BCUT2D eigenvalue weighted by Crippen LogP contribution is -2.36. The van der Waals surface area contributed by atoms with Gasteiger partial charge in [-0.05, 0) is 37.1 Å². The number of amides is 1. The van der Waals surface area contributed by atoms with Gasteiger partial charge in [0.1, 0.15) is 16.5 Å². The summed E-state index contributed by atoms with van der Waals surface area (Å²) < 4.78 is 7.42. The first kappa shape index (κ1) is 24.0. The highest BCUT2D eigenvalue weighted by atomic mass is 32.2. The molecule has 1 atom stereocenters. The van der Waals surface area contributed by atoms with Crippen LogP contribution in [-0.4, -0.2) is 38.8 Å². The molecule has 0 aliphatic rings. The van der Waals surface area contributed by atoms with E-state index >= 15 is 0 Å². The maximum absolute atomic E-state index is 12.5. The molecule has 2 aromatic heterocycles. The SMILES string of the molecule is COc1cccc(-c2nnc(SCc3nc(C(=O)NC(C)C(C)C)cs3)n2-c2ccccc2)c1. The highest BCUT2D eigenvalue weighted by Gasteiger charge is 2.19. The predicted molar refractivity (Wildman–Crippen MR) is 137 cm³/mol. The Morgan fingerprint density at radius 2 is 1.91 bits per heavy atom. The number of nitrogens with one attached hydrogen (secondary N) is 1. The fourth-order valence-corrected chi connectivity index (χ4v) is 4.92. The minimum atomic E-state index is -0.138. The number of thiazole rings is 1. The van der Waals surface area contributed by atoms with Gasteiger partial charge in [-0.1, -0.05) is 55.9 Å². The lowest BCUT2D eigenvalue weighted by molar-refractivity contribution is 0.0926. The van der Waals surface area contributed by atoms with Crippen LogP contribution in [0.4, 0.5) is 0 Å². The van der Waals surface area contributed by atoms with Gasteiger partial charge in [0.25, 0.3) is 5.91 Å². The van der Waals surface area contributed by atoms with Gasteiger partial charge in [-0.15, -0.1) is 21.5 Å². The molecule has 0 spiro atoms. The van der Waals surface area contributed by atoms with E-state index in [1.165, 1.54) is 23.1 Å².